The number of carbonyl (C=O) groups excluding carboxylic acids is 1. The Hall–Kier alpha value is -3.13. The minimum absolute atomic E-state index is 0.0813. The molecule has 2 aliphatic heterocycles. The second-order valence-corrected chi connectivity index (χ2v) is 11.4. The van der Waals surface area contributed by atoms with Gasteiger partial charge in [-0.3, -0.25) is 9.36 Å². The summed E-state index contributed by atoms with van der Waals surface area (Å²) in [5, 5.41) is 3.16. The van der Waals surface area contributed by atoms with Crippen molar-refractivity contribution in [3.63, 3.8) is 0 Å². The van der Waals surface area contributed by atoms with E-state index in [1.165, 1.54) is 34.5 Å². The third-order valence-electron chi connectivity index (χ3n) is 7.35. The molecule has 5 rings (SSSR count). The normalized spacial score (nSPS) is 17.4. The molecule has 1 aromatic heterocycles. The number of carbonyl (C=O) groups is 1. The van der Waals surface area contributed by atoms with Crippen LogP contribution in [-0.2, 0) is 22.3 Å². The minimum Gasteiger partial charge on any atom is -0.383 e. The van der Waals surface area contributed by atoms with Crippen molar-refractivity contribution in [1.82, 2.24) is 19.8 Å². The standard InChI is InChI=1S/C28H28ClF4N5O3S/c1-3-22(39)36-7-9-37(10-8-36)26-18-13-19(28(31,32)33)23(16-4-5-21(30)20(29)12-16)25-24(18)38(27(40)35-26)14-17(15-42-25)34-6-11-41-2/h3-5,12-13,17,34H,1,6-11,14-15H2,2H3. The van der Waals surface area contributed by atoms with E-state index < -0.39 is 23.2 Å². The number of halogens is 5. The van der Waals surface area contributed by atoms with E-state index >= 15 is 0 Å². The Morgan fingerprint density at radius 1 is 1.26 bits per heavy atom. The molecule has 1 atom stereocenters. The lowest BCUT2D eigenvalue weighted by Gasteiger charge is -2.35. The molecule has 0 saturated carbocycles. The summed E-state index contributed by atoms with van der Waals surface area (Å²) in [6.07, 6.45) is -3.59. The highest BCUT2D eigenvalue weighted by atomic mass is 35.5. The molecular formula is C28H28ClF4N5O3S. The number of ether oxygens (including phenoxy) is 1. The van der Waals surface area contributed by atoms with Crippen LogP contribution < -0.4 is 15.9 Å². The topological polar surface area (TPSA) is 79.7 Å². The van der Waals surface area contributed by atoms with E-state index in [1.807, 2.05) is 0 Å². The molecule has 14 heteroatoms. The van der Waals surface area contributed by atoms with E-state index in [4.69, 9.17) is 16.3 Å². The van der Waals surface area contributed by atoms with Crippen LogP contribution in [0.25, 0.3) is 22.0 Å². The lowest BCUT2D eigenvalue weighted by Crippen LogP contribution is -2.49. The lowest BCUT2D eigenvalue weighted by molar-refractivity contribution is -0.137. The SMILES string of the molecule is C=CC(=O)N1CCN(c2nc(=O)n3c4c(c(-c5ccc(F)c(Cl)c5)c(C(F)(F)F)cc24)SCC(NCCOC)C3)CC1. The van der Waals surface area contributed by atoms with E-state index in [2.05, 4.69) is 16.9 Å². The predicted molar refractivity (Wildman–Crippen MR) is 155 cm³/mol. The van der Waals surface area contributed by atoms with Gasteiger partial charge in [-0.2, -0.15) is 18.2 Å². The Kier molecular flexibility index (Phi) is 8.83. The quantitative estimate of drug-likeness (QED) is 0.237. The lowest BCUT2D eigenvalue weighted by atomic mass is 9.96. The number of rotatable bonds is 7. The van der Waals surface area contributed by atoms with Gasteiger partial charge in [0.05, 0.1) is 22.7 Å². The number of piperazine rings is 1. The molecule has 0 spiro atoms. The summed E-state index contributed by atoms with van der Waals surface area (Å²) in [6.45, 7) is 5.69. The van der Waals surface area contributed by atoms with Gasteiger partial charge in [-0.15, -0.1) is 11.8 Å². The van der Waals surface area contributed by atoms with E-state index in [1.54, 1.807) is 16.9 Å². The Morgan fingerprint density at radius 2 is 2.00 bits per heavy atom. The van der Waals surface area contributed by atoms with Crippen LogP contribution in [0.2, 0.25) is 5.02 Å². The maximum Gasteiger partial charge on any atom is 0.417 e. The van der Waals surface area contributed by atoms with Gasteiger partial charge in [-0.05, 0) is 29.8 Å². The highest BCUT2D eigenvalue weighted by Gasteiger charge is 2.38. The van der Waals surface area contributed by atoms with Crippen LogP contribution in [0, 0.1) is 5.82 Å². The molecule has 0 aliphatic carbocycles. The fourth-order valence-electron chi connectivity index (χ4n) is 5.32. The zero-order chi connectivity index (χ0) is 30.2. The summed E-state index contributed by atoms with van der Waals surface area (Å²) >= 11 is 7.21. The average Bonchev–Trinajstić information content (AvgIpc) is 3.16. The van der Waals surface area contributed by atoms with Crippen molar-refractivity contribution in [3.05, 3.63) is 63.8 Å². The maximum atomic E-state index is 14.8. The third-order valence-corrected chi connectivity index (χ3v) is 8.89. The number of hydrogen-bond acceptors (Lipinski definition) is 7. The fourth-order valence-corrected chi connectivity index (χ4v) is 6.82. The molecule has 2 aromatic carbocycles. The predicted octanol–water partition coefficient (Wildman–Crippen LogP) is 4.42. The van der Waals surface area contributed by atoms with Gasteiger partial charge in [-0.1, -0.05) is 24.2 Å². The molecule has 1 saturated heterocycles. The summed E-state index contributed by atoms with van der Waals surface area (Å²) in [5.74, 6) is -0.533. The molecule has 1 amide bonds. The van der Waals surface area contributed by atoms with Gasteiger partial charge in [0.1, 0.15) is 11.6 Å². The maximum absolute atomic E-state index is 14.8. The number of aromatic nitrogens is 2. The zero-order valence-electron chi connectivity index (χ0n) is 22.6. The van der Waals surface area contributed by atoms with Gasteiger partial charge in [0.2, 0.25) is 5.91 Å². The number of amides is 1. The summed E-state index contributed by atoms with van der Waals surface area (Å²) in [7, 11) is 1.56. The van der Waals surface area contributed by atoms with Gasteiger partial charge in [0.15, 0.2) is 0 Å². The summed E-state index contributed by atoms with van der Waals surface area (Å²) < 4.78 is 65.0. The largest absolute Gasteiger partial charge is 0.417 e. The number of hydrogen-bond donors (Lipinski definition) is 1. The van der Waals surface area contributed by atoms with Crippen molar-refractivity contribution in [2.75, 3.05) is 57.1 Å². The van der Waals surface area contributed by atoms with Gasteiger partial charge in [0, 0.05) is 74.0 Å². The summed E-state index contributed by atoms with van der Waals surface area (Å²) in [4.78, 5) is 33.5. The Morgan fingerprint density at radius 3 is 2.64 bits per heavy atom. The van der Waals surface area contributed by atoms with Crippen molar-refractivity contribution < 1.29 is 27.1 Å². The number of benzene rings is 2. The van der Waals surface area contributed by atoms with Gasteiger partial charge in [-0.25, -0.2) is 9.18 Å². The van der Waals surface area contributed by atoms with Crippen LogP contribution in [-0.4, -0.2) is 78.6 Å². The fraction of sp³-hybridized carbons (Fsp3) is 0.393. The van der Waals surface area contributed by atoms with Crippen molar-refractivity contribution in [3.8, 4) is 11.1 Å². The Balaban J connectivity index is 1.75. The van der Waals surface area contributed by atoms with Gasteiger partial charge >= 0.3 is 11.9 Å². The van der Waals surface area contributed by atoms with Crippen molar-refractivity contribution >= 4 is 46.0 Å². The summed E-state index contributed by atoms with van der Waals surface area (Å²) in [6, 6.07) is 4.20. The van der Waals surface area contributed by atoms with E-state index in [0.29, 0.717) is 37.5 Å². The van der Waals surface area contributed by atoms with Crippen LogP contribution in [0.15, 0.2) is 46.6 Å². The van der Waals surface area contributed by atoms with Gasteiger partial charge in [0.25, 0.3) is 0 Å². The smallest absolute Gasteiger partial charge is 0.383 e. The molecule has 1 unspecified atom stereocenters. The van der Waals surface area contributed by atoms with Crippen LogP contribution in [0.5, 0.6) is 0 Å². The van der Waals surface area contributed by atoms with Gasteiger partial charge < -0.3 is 19.9 Å². The first kappa shape index (κ1) is 30.3. The average molecular weight is 626 g/mol. The Labute approximate surface area is 248 Å². The first-order valence-corrected chi connectivity index (χ1v) is 14.6. The highest BCUT2D eigenvalue weighted by Crippen LogP contribution is 2.48. The second-order valence-electron chi connectivity index (χ2n) is 9.95. The number of nitrogens with one attached hydrogen (secondary N) is 1. The molecule has 2 aliphatic rings. The first-order valence-electron chi connectivity index (χ1n) is 13.2. The third kappa shape index (κ3) is 5.87. The molecule has 1 fully saturated rings. The van der Waals surface area contributed by atoms with Crippen molar-refractivity contribution in [1.29, 1.82) is 0 Å². The molecule has 224 valence electrons. The van der Waals surface area contributed by atoms with Crippen LogP contribution in [0.1, 0.15) is 5.56 Å². The number of methoxy groups -OCH3 is 1. The second kappa shape index (κ2) is 12.2. The number of alkyl halides is 3. The van der Waals surface area contributed by atoms with Crippen molar-refractivity contribution in [2.24, 2.45) is 0 Å². The number of anilines is 1. The van der Waals surface area contributed by atoms with Crippen LogP contribution in [0.3, 0.4) is 0 Å². The molecule has 8 nitrogen and oxygen atoms in total. The minimum atomic E-state index is -4.79. The molecule has 3 heterocycles. The first-order chi connectivity index (χ1) is 20.0. The van der Waals surface area contributed by atoms with E-state index in [9.17, 15) is 27.2 Å². The van der Waals surface area contributed by atoms with E-state index in [-0.39, 0.29) is 63.8 Å². The highest BCUT2D eigenvalue weighted by molar-refractivity contribution is 7.99. The van der Waals surface area contributed by atoms with Crippen molar-refractivity contribution in [2.45, 2.75) is 23.7 Å². The van der Waals surface area contributed by atoms with E-state index in [0.717, 1.165) is 12.1 Å². The number of thioether (sulfide) groups is 1. The Bertz CT molecular complexity index is 1590. The molecule has 0 radical (unpaired) electrons. The molecule has 1 N–H and O–H groups in total. The van der Waals surface area contributed by atoms with Crippen LogP contribution >= 0.6 is 23.4 Å². The summed E-state index contributed by atoms with van der Waals surface area (Å²) in [5.41, 5.74) is -1.32. The van der Waals surface area contributed by atoms with Crippen LogP contribution in [0.4, 0.5) is 23.4 Å². The monoisotopic (exact) mass is 625 g/mol. The molecule has 3 aromatic rings. The molecular weight excluding hydrogens is 598 g/mol. The molecule has 0 bridgehead atoms. The molecule has 42 heavy (non-hydrogen) atoms. The number of nitrogens with zero attached hydrogens (tertiary/aromatic N) is 4. The zero-order valence-corrected chi connectivity index (χ0v) is 24.2.